The Labute approximate surface area is 115 Å². The molecule has 0 saturated carbocycles. The number of para-hydroxylation sites is 1. The molecule has 20 heavy (non-hydrogen) atoms. The molecule has 104 valence electrons. The SMILES string of the molecule is Cc1cc(C(=O)NCC(O)C(N)=O)c2ccccc2n1. The minimum absolute atomic E-state index is 0.218. The quantitative estimate of drug-likeness (QED) is 0.735. The Balaban J connectivity index is 2.28. The highest BCUT2D eigenvalue weighted by Gasteiger charge is 2.15. The summed E-state index contributed by atoms with van der Waals surface area (Å²) in [6, 6.07) is 8.93. The summed E-state index contributed by atoms with van der Waals surface area (Å²) in [5, 5.41) is 12.5. The molecule has 0 radical (unpaired) electrons. The summed E-state index contributed by atoms with van der Waals surface area (Å²) < 4.78 is 0. The Bertz CT molecular complexity index is 670. The minimum atomic E-state index is -1.40. The number of hydrogen-bond donors (Lipinski definition) is 3. The Kier molecular flexibility index (Phi) is 3.95. The molecule has 2 amide bonds. The van der Waals surface area contributed by atoms with Crippen LogP contribution < -0.4 is 11.1 Å². The molecule has 4 N–H and O–H groups in total. The fourth-order valence-corrected chi connectivity index (χ4v) is 1.88. The van der Waals surface area contributed by atoms with Gasteiger partial charge >= 0.3 is 0 Å². The standard InChI is InChI=1S/C14H15N3O3/c1-8-6-10(9-4-2-3-5-11(9)17-8)14(20)16-7-12(18)13(15)19/h2-6,12,18H,7H2,1H3,(H2,15,19)(H,16,20). The lowest BCUT2D eigenvalue weighted by atomic mass is 10.1. The number of primary amides is 1. The van der Waals surface area contributed by atoms with Crippen LogP contribution in [0.5, 0.6) is 0 Å². The van der Waals surface area contributed by atoms with Gasteiger partial charge in [0.25, 0.3) is 5.91 Å². The summed E-state index contributed by atoms with van der Waals surface area (Å²) in [5.41, 5.74) is 6.80. The largest absolute Gasteiger partial charge is 0.381 e. The van der Waals surface area contributed by atoms with Crippen molar-refractivity contribution in [1.82, 2.24) is 10.3 Å². The number of nitrogens with one attached hydrogen (secondary N) is 1. The van der Waals surface area contributed by atoms with Crippen LogP contribution in [-0.2, 0) is 4.79 Å². The molecule has 0 aliphatic rings. The maximum atomic E-state index is 12.1. The number of aryl methyl sites for hydroxylation is 1. The van der Waals surface area contributed by atoms with Crippen molar-refractivity contribution in [2.45, 2.75) is 13.0 Å². The number of aliphatic hydroxyl groups excluding tert-OH is 1. The van der Waals surface area contributed by atoms with Crippen LogP contribution in [0.4, 0.5) is 0 Å². The van der Waals surface area contributed by atoms with Gasteiger partial charge in [-0.1, -0.05) is 18.2 Å². The topological polar surface area (TPSA) is 105 Å². The number of nitrogens with two attached hydrogens (primary N) is 1. The smallest absolute Gasteiger partial charge is 0.252 e. The molecule has 1 atom stereocenters. The molecule has 0 bridgehead atoms. The van der Waals surface area contributed by atoms with E-state index < -0.39 is 12.0 Å². The zero-order valence-electron chi connectivity index (χ0n) is 11.0. The average molecular weight is 273 g/mol. The molecule has 0 aliphatic carbocycles. The first kappa shape index (κ1) is 14.0. The fraction of sp³-hybridized carbons (Fsp3) is 0.214. The van der Waals surface area contributed by atoms with E-state index >= 15 is 0 Å². The third-order valence-electron chi connectivity index (χ3n) is 2.87. The van der Waals surface area contributed by atoms with Gasteiger partial charge in [0.2, 0.25) is 5.91 Å². The van der Waals surface area contributed by atoms with Gasteiger partial charge in [-0.15, -0.1) is 0 Å². The van der Waals surface area contributed by atoms with Crippen molar-refractivity contribution < 1.29 is 14.7 Å². The number of hydrogen-bond acceptors (Lipinski definition) is 4. The Morgan fingerprint density at radius 3 is 2.80 bits per heavy atom. The van der Waals surface area contributed by atoms with Crippen LogP contribution in [0, 0.1) is 6.92 Å². The van der Waals surface area contributed by atoms with Crippen molar-refractivity contribution in [2.24, 2.45) is 5.73 Å². The van der Waals surface area contributed by atoms with Crippen molar-refractivity contribution in [1.29, 1.82) is 0 Å². The van der Waals surface area contributed by atoms with Gasteiger partial charge in [-0.05, 0) is 19.1 Å². The monoisotopic (exact) mass is 273 g/mol. The van der Waals surface area contributed by atoms with Gasteiger partial charge < -0.3 is 16.2 Å². The number of benzene rings is 1. The van der Waals surface area contributed by atoms with E-state index in [9.17, 15) is 14.7 Å². The van der Waals surface area contributed by atoms with E-state index in [1.807, 2.05) is 18.2 Å². The number of nitrogens with zero attached hydrogens (tertiary/aromatic N) is 1. The number of amides is 2. The number of carbonyl (C=O) groups excluding carboxylic acids is 2. The second-order valence-electron chi connectivity index (χ2n) is 4.46. The summed E-state index contributed by atoms with van der Waals surface area (Å²) in [6.45, 7) is 1.57. The molecule has 1 heterocycles. The summed E-state index contributed by atoms with van der Waals surface area (Å²) in [7, 11) is 0. The van der Waals surface area contributed by atoms with E-state index in [-0.39, 0.29) is 12.5 Å². The highest BCUT2D eigenvalue weighted by Crippen LogP contribution is 2.17. The molecule has 1 aromatic heterocycles. The van der Waals surface area contributed by atoms with Gasteiger partial charge in [-0.2, -0.15) is 0 Å². The molecule has 2 rings (SSSR count). The van der Waals surface area contributed by atoms with Gasteiger partial charge in [0.1, 0.15) is 6.10 Å². The van der Waals surface area contributed by atoms with E-state index in [2.05, 4.69) is 10.3 Å². The Morgan fingerprint density at radius 1 is 1.40 bits per heavy atom. The third kappa shape index (κ3) is 2.92. The summed E-state index contributed by atoms with van der Waals surface area (Å²) in [4.78, 5) is 27.2. The molecule has 0 fully saturated rings. The lowest BCUT2D eigenvalue weighted by Gasteiger charge is -2.10. The van der Waals surface area contributed by atoms with Crippen molar-refractivity contribution >= 4 is 22.7 Å². The van der Waals surface area contributed by atoms with Crippen LogP contribution in [-0.4, -0.2) is 34.6 Å². The highest BCUT2D eigenvalue weighted by molar-refractivity contribution is 6.06. The highest BCUT2D eigenvalue weighted by atomic mass is 16.3. The lowest BCUT2D eigenvalue weighted by Crippen LogP contribution is -2.40. The average Bonchev–Trinajstić information content (AvgIpc) is 2.43. The second kappa shape index (κ2) is 5.66. The summed E-state index contributed by atoms with van der Waals surface area (Å²) >= 11 is 0. The number of rotatable bonds is 4. The number of aliphatic hydroxyl groups is 1. The van der Waals surface area contributed by atoms with Gasteiger partial charge in [-0.25, -0.2) is 0 Å². The molecule has 6 heteroatoms. The molecule has 0 spiro atoms. The predicted molar refractivity (Wildman–Crippen MR) is 74.0 cm³/mol. The normalized spacial score (nSPS) is 12.1. The molecular weight excluding hydrogens is 258 g/mol. The van der Waals surface area contributed by atoms with Gasteiger partial charge in [0.15, 0.2) is 0 Å². The molecule has 6 nitrogen and oxygen atoms in total. The minimum Gasteiger partial charge on any atom is -0.381 e. The zero-order valence-corrected chi connectivity index (χ0v) is 11.0. The number of aromatic nitrogens is 1. The predicted octanol–water partition coefficient (Wildman–Crippen LogP) is 0.119. The van der Waals surface area contributed by atoms with Crippen molar-refractivity contribution in [3.05, 3.63) is 41.6 Å². The fourth-order valence-electron chi connectivity index (χ4n) is 1.88. The molecule has 0 saturated heterocycles. The van der Waals surface area contributed by atoms with Crippen LogP contribution in [0.25, 0.3) is 10.9 Å². The van der Waals surface area contributed by atoms with Gasteiger partial charge in [0.05, 0.1) is 17.6 Å². The molecule has 1 unspecified atom stereocenters. The Hall–Kier alpha value is -2.47. The van der Waals surface area contributed by atoms with Crippen molar-refractivity contribution in [3.8, 4) is 0 Å². The number of fused-ring (bicyclic) bond motifs is 1. The van der Waals surface area contributed by atoms with Crippen LogP contribution in [0.2, 0.25) is 0 Å². The van der Waals surface area contributed by atoms with Crippen LogP contribution in [0.15, 0.2) is 30.3 Å². The van der Waals surface area contributed by atoms with Crippen LogP contribution in [0.3, 0.4) is 0 Å². The lowest BCUT2D eigenvalue weighted by molar-refractivity contribution is -0.125. The first-order chi connectivity index (χ1) is 9.49. The zero-order chi connectivity index (χ0) is 14.7. The maximum absolute atomic E-state index is 12.1. The Morgan fingerprint density at radius 2 is 2.10 bits per heavy atom. The van der Waals surface area contributed by atoms with E-state index in [1.54, 1.807) is 19.1 Å². The molecular formula is C14H15N3O3. The molecule has 1 aromatic carbocycles. The maximum Gasteiger partial charge on any atom is 0.252 e. The van der Waals surface area contributed by atoms with Gasteiger partial charge in [0, 0.05) is 11.1 Å². The molecule has 0 aliphatic heterocycles. The third-order valence-corrected chi connectivity index (χ3v) is 2.87. The van der Waals surface area contributed by atoms with E-state index in [0.717, 1.165) is 0 Å². The van der Waals surface area contributed by atoms with Crippen molar-refractivity contribution in [2.75, 3.05) is 6.54 Å². The first-order valence-corrected chi connectivity index (χ1v) is 6.11. The van der Waals surface area contributed by atoms with E-state index in [4.69, 9.17) is 5.73 Å². The summed E-state index contributed by atoms with van der Waals surface area (Å²) in [6.07, 6.45) is -1.40. The summed E-state index contributed by atoms with van der Waals surface area (Å²) in [5.74, 6) is -1.26. The first-order valence-electron chi connectivity index (χ1n) is 6.11. The second-order valence-corrected chi connectivity index (χ2v) is 4.46. The van der Waals surface area contributed by atoms with Crippen LogP contribution in [0.1, 0.15) is 16.1 Å². The van der Waals surface area contributed by atoms with E-state index in [0.29, 0.717) is 22.2 Å². The van der Waals surface area contributed by atoms with Crippen LogP contribution >= 0.6 is 0 Å². The number of pyridine rings is 1. The number of carbonyl (C=O) groups is 2. The van der Waals surface area contributed by atoms with Gasteiger partial charge in [-0.3, -0.25) is 14.6 Å². The molecule has 2 aromatic rings. The van der Waals surface area contributed by atoms with Crippen molar-refractivity contribution in [3.63, 3.8) is 0 Å². The van der Waals surface area contributed by atoms with E-state index in [1.165, 1.54) is 0 Å².